The molecule has 0 heterocycles. The summed E-state index contributed by atoms with van der Waals surface area (Å²) in [5, 5.41) is -1.44. The summed E-state index contributed by atoms with van der Waals surface area (Å²) >= 11 is 0. The zero-order valence-electron chi connectivity index (χ0n) is 9.04. The molecule has 1 aromatic rings. The van der Waals surface area contributed by atoms with Gasteiger partial charge in [-0.3, -0.25) is 9.59 Å². The van der Waals surface area contributed by atoms with Crippen LogP contribution in [0.5, 0.6) is 0 Å². The van der Waals surface area contributed by atoms with Crippen LogP contribution in [0.1, 0.15) is 27.6 Å². The van der Waals surface area contributed by atoms with E-state index in [1.807, 2.05) is 0 Å². The van der Waals surface area contributed by atoms with E-state index in [1.165, 1.54) is 24.3 Å². The van der Waals surface area contributed by atoms with Crippen LogP contribution in [0.15, 0.2) is 24.3 Å². The van der Waals surface area contributed by atoms with E-state index in [2.05, 4.69) is 0 Å². The fraction of sp³-hybridized carbons (Fsp3) is 0.200. The van der Waals surface area contributed by atoms with Gasteiger partial charge < -0.3 is 4.55 Å². The molecule has 0 aromatic heterocycles. The molecule has 0 bridgehead atoms. The molecule has 17 heavy (non-hydrogen) atoms. The van der Waals surface area contributed by atoms with Crippen molar-refractivity contribution in [3.8, 4) is 0 Å². The van der Waals surface area contributed by atoms with Crippen LogP contribution in [-0.2, 0) is 14.9 Å². The van der Waals surface area contributed by atoms with Crippen molar-refractivity contribution in [1.82, 2.24) is 0 Å². The van der Waals surface area contributed by atoms with Crippen LogP contribution in [0, 0.1) is 0 Å². The largest absolute Gasteiger partial charge is 1.00 e. The third-order valence-electron chi connectivity index (χ3n) is 2.52. The van der Waals surface area contributed by atoms with Crippen LogP contribution < -0.4 is 51.4 Å². The Morgan fingerprint density at radius 3 is 2.35 bits per heavy atom. The summed E-state index contributed by atoms with van der Waals surface area (Å²) in [6.07, 6.45) is -0.554. The first kappa shape index (κ1) is 15.2. The molecule has 0 radical (unpaired) electrons. The van der Waals surface area contributed by atoms with Gasteiger partial charge in [0.25, 0.3) is 0 Å². The summed E-state index contributed by atoms with van der Waals surface area (Å²) in [5.41, 5.74) is 0.144. The van der Waals surface area contributed by atoms with Crippen molar-refractivity contribution in [2.24, 2.45) is 0 Å². The second kappa shape index (κ2) is 5.39. The Kier molecular flexibility index (Phi) is 4.81. The van der Waals surface area contributed by atoms with Crippen molar-refractivity contribution >= 4 is 21.7 Å². The maximum absolute atomic E-state index is 11.4. The van der Waals surface area contributed by atoms with E-state index < -0.39 is 33.4 Å². The molecule has 2 rings (SSSR count). The first-order valence-corrected chi connectivity index (χ1v) is 5.99. The van der Waals surface area contributed by atoms with Crippen molar-refractivity contribution in [2.75, 3.05) is 0 Å². The van der Waals surface area contributed by atoms with Crippen LogP contribution in [0.25, 0.3) is 0 Å². The summed E-state index contributed by atoms with van der Waals surface area (Å²) in [6, 6.07) is 5.79. The predicted molar refractivity (Wildman–Crippen MR) is 52.8 cm³/mol. The molecule has 0 fully saturated rings. The molecule has 0 amide bonds. The molecule has 0 saturated heterocycles. The zero-order valence-corrected chi connectivity index (χ0v) is 13.0. The molecular weight excluding hydrogens is 271 g/mol. The molecule has 1 aromatic carbocycles. The Balaban J connectivity index is 0.00000144. The summed E-state index contributed by atoms with van der Waals surface area (Å²) in [6.45, 7) is 0. The monoisotopic (exact) mass is 278 g/mol. The van der Waals surface area contributed by atoms with Gasteiger partial charge >= 0.3 is 51.4 Å². The SMILES string of the molecule is O=C1CC(S(=O)(=O)[O-])c2ccccc2C1=O.[K+]. The number of rotatable bonds is 1. The second-order valence-electron chi connectivity index (χ2n) is 3.53. The number of carbonyl (C=O) groups excluding carboxylic acids is 2. The Hall–Kier alpha value is 0.106. The molecule has 1 aliphatic rings. The number of fused-ring (bicyclic) bond motifs is 1. The third kappa shape index (κ3) is 2.92. The van der Waals surface area contributed by atoms with Gasteiger partial charge in [-0.05, 0) is 5.56 Å². The predicted octanol–water partition coefficient (Wildman–Crippen LogP) is -2.57. The van der Waals surface area contributed by atoms with Gasteiger partial charge in [0.2, 0.25) is 11.6 Å². The smallest absolute Gasteiger partial charge is 0.747 e. The summed E-state index contributed by atoms with van der Waals surface area (Å²) in [7, 11) is -4.62. The fourth-order valence-corrected chi connectivity index (χ4v) is 2.64. The quantitative estimate of drug-likeness (QED) is 0.320. The standard InChI is InChI=1S/C10H8O5S.K/c11-8-5-9(16(13,14)15)6-3-1-2-4-7(6)10(8)12;/h1-4,9H,5H2,(H,13,14,15);/q;+1/p-1. The van der Waals surface area contributed by atoms with Crippen molar-refractivity contribution in [1.29, 1.82) is 0 Å². The minimum Gasteiger partial charge on any atom is -0.747 e. The van der Waals surface area contributed by atoms with E-state index in [4.69, 9.17) is 0 Å². The summed E-state index contributed by atoms with van der Waals surface area (Å²) in [4.78, 5) is 22.7. The molecule has 1 atom stereocenters. The van der Waals surface area contributed by atoms with Crippen LogP contribution in [0.2, 0.25) is 0 Å². The number of hydrogen-bond acceptors (Lipinski definition) is 5. The van der Waals surface area contributed by atoms with E-state index in [-0.39, 0.29) is 62.5 Å². The average molecular weight is 278 g/mol. The third-order valence-corrected chi connectivity index (χ3v) is 3.64. The maximum atomic E-state index is 11.4. The van der Waals surface area contributed by atoms with Gasteiger partial charge in [-0.2, -0.15) is 0 Å². The first-order chi connectivity index (χ1) is 7.41. The van der Waals surface area contributed by atoms with Gasteiger partial charge in [0, 0.05) is 12.0 Å². The Morgan fingerprint density at radius 2 is 1.76 bits per heavy atom. The van der Waals surface area contributed by atoms with Gasteiger partial charge in [0.05, 0.1) is 5.25 Å². The van der Waals surface area contributed by atoms with E-state index in [0.29, 0.717) is 0 Å². The van der Waals surface area contributed by atoms with Gasteiger partial charge in [0.15, 0.2) is 0 Å². The minimum absolute atomic E-state index is 0. The van der Waals surface area contributed by atoms with Crippen molar-refractivity contribution in [2.45, 2.75) is 11.7 Å². The van der Waals surface area contributed by atoms with E-state index in [1.54, 1.807) is 0 Å². The minimum atomic E-state index is -4.62. The molecule has 7 heteroatoms. The van der Waals surface area contributed by atoms with E-state index in [0.717, 1.165) is 0 Å². The number of hydrogen-bond donors (Lipinski definition) is 0. The average Bonchev–Trinajstić information content (AvgIpc) is 2.22. The normalized spacial score (nSPS) is 19.5. The molecule has 1 unspecified atom stereocenters. The van der Waals surface area contributed by atoms with Crippen LogP contribution in [0.3, 0.4) is 0 Å². The molecule has 84 valence electrons. The van der Waals surface area contributed by atoms with Gasteiger partial charge in [-0.15, -0.1) is 0 Å². The van der Waals surface area contributed by atoms with Crippen molar-refractivity contribution in [3.63, 3.8) is 0 Å². The molecule has 1 aliphatic carbocycles. The molecule has 0 N–H and O–H groups in total. The zero-order chi connectivity index (χ0) is 11.9. The van der Waals surface area contributed by atoms with Crippen LogP contribution >= 0.6 is 0 Å². The number of benzene rings is 1. The summed E-state index contributed by atoms with van der Waals surface area (Å²) in [5.74, 6) is -1.56. The molecular formula is C10H7KO5S. The maximum Gasteiger partial charge on any atom is 1.00 e. The number of ketones is 2. The van der Waals surface area contributed by atoms with Crippen molar-refractivity contribution in [3.05, 3.63) is 35.4 Å². The van der Waals surface area contributed by atoms with Crippen LogP contribution in [0.4, 0.5) is 0 Å². The molecule has 0 aliphatic heterocycles. The van der Waals surface area contributed by atoms with Gasteiger partial charge in [-0.1, -0.05) is 24.3 Å². The second-order valence-corrected chi connectivity index (χ2v) is 5.08. The first-order valence-electron chi connectivity index (χ1n) is 4.52. The molecule has 0 spiro atoms. The van der Waals surface area contributed by atoms with E-state index in [9.17, 15) is 22.6 Å². The Bertz CT molecular complexity index is 578. The number of carbonyl (C=O) groups is 2. The Labute approximate surface area is 141 Å². The molecule has 0 saturated carbocycles. The summed E-state index contributed by atoms with van der Waals surface area (Å²) < 4.78 is 32.9. The van der Waals surface area contributed by atoms with Gasteiger partial charge in [0.1, 0.15) is 10.1 Å². The van der Waals surface area contributed by atoms with Crippen LogP contribution in [-0.4, -0.2) is 24.5 Å². The van der Waals surface area contributed by atoms with E-state index >= 15 is 0 Å². The van der Waals surface area contributed by atoms with Gasteiger partial charge in [-0.25, -0.2) is 8.42 Å². The van der Waals surface area contributed by atoms with Crippen molar-refractivity contribution < 1.29 is 73.9 Å². The topological polar surface area (TPSA) is 91.3 Å². The Morgan fingerprint density at radius 1 is 1.18 bits per heavy atom. The number of Topliss-reactive ketones (excluding diaryl/α,β-unsaturated/α-hetero) is 2. The molecule has 5 nitrogen and oxygen atoms in total. The fourth-order valence-electron chi connectivity index (χ4n) is 1.76.